The van der Waals surface area contributed by atoms with Gasteiger partial charge in [0.2, 0.25) is 0 Å². The molecule has 4 heteroatoms. The summed E-state index contributed by atoms with van der Waals surface area (Å²) in [5, 5.41) is 6.20. The molecule has 2 aromatic carbocycles. The summed E-state index contributed by atoms with van der Waals surface area (Å²) in [6, 6.07) is 20.6. The van der Waals surface area contributed by atoms with E-state index in [0.717, 1.165) is 38.0 Å². The van der Waals surface area contributed by atoms with Crippen LogP contribution in [0.3, 0.4) is 0 Å². The zero-order valence-electron chi connectivity index (χ0n) is 13.6. The fraction of sp³-hybridized carbons (Fsp3) is 0.0476. The van der Waals surface area contributed by atoms with Gasteiger partial charge in [-0.25, -0.2) is 4.98 Å². The SMILES string of the molecule is C=c1nc(NCc2ccccc2)s/c1=C\c1ccc2ncccc2c1. The van der Waals surface area contributed by atoms with E-state index < -0.39 is 0 Å². The summed E-state index contributed by atoms with van der Waals surface area (Å²) >= 11 is 1.62. The smallest absolute Gasteiger partial charge is 0.184 e. The predicted molar refractivity (Wildman–Crippen MR) is 106 cm³/mol. The number of hydrogen-bond donors (Lipinski definition) is 1. The molecule has 3 nitrogen and oxygen atoms in total. The topological polar surface area (TPSA) is 37.8 Å². The first-order chi connectivity index (χ1) is 12.3. The van der Waals surface area contributed by atoms with Gasteiger partial charge in [0.1, 0.15) is 0 Å². The average Bonchev–Trinajstić information content (AvgIpc) is 3.00. The first-order valence-electron chi connectivity index (χ1n) is 8.08. The van der Waals surface area contributed by atoms with Crippen LogP contribution in [-0.2, 0) is 6.54 Å². The van der Waals surface area contributed by atoms with Gasteiger partial charge < -0.3 is 5.32 Å². The van der Waals surface area contributed by atoms with Crippen LogP contribution >= 0.6 is 11.3 Å². The monoisotopic (exact) mass is 343 g/mol. The Morgan fingerprint density at radius 1 is 1.04 bits per heavy atom. The van der Waals surface area contributed by atoms with Crippen LogP contribution in [0.4, 0.5) is 5.13 Å². The van der Waals surface area contributed by atoms with Crippen molar-refractivity contribution in [2.45, 2.75) is 6.54 Å². The van der Waals surface area contributed by atoms with E-state index >= 15 is 0 Å². The maximum atomic E-state index is 4.54. The average molecular weight is 343 g/mol. The highest BCUT2D eigenvalue weighted by Gasteiger charge is 2.00. The first-order valence-corrected chi connectivity index (χ1v) is 8.90. The molecule has 0 fully saturated rings. The minimum absolute atomic E-state index is 0.759. The maximum Gasteiger partial charge on any atom is 0.184 e. The van der Waals surface area contributed by atoms with Crippen molar-refractivity contribution >= 4 is 40.0 Å². The third-order valence-corrected chi connectivity index (χ3v) is 4.94. The molecule has 0 unspecified atom stereocenters. The molecule has 0 radical (unpaired) electrons. The summed E-state index contributed by atoms with van der Waals surface area (Å²) in [6.45, 7) is 4.83. The van der Waals surface area contributed by atoms with Crippen molar-refractivity contribution in [3.63, 3.8) is 0 Å². The minimum Gasteiger partial charge on any atom is -0.357 e. The van der Waals surface area contributed by atoms with Gasteiger partial charge in [-0.1, -0.05) is 60.4 Å². The molecule has 0 bridgehead atoms. The Morgan fingerprint density at radius 2 is 1.92 bits per heavy atom. The predicted octanol–water partition coefficient (Wildman–Crippen LogP) is 3.54. The molecule has 25 heavy (non-hydrogen) atoms. The van der Waals surface area contributed by atoms with Gasteiger partial charge >= 0.3 is 0 Å². The van der Waals surface area contributed by atoms with E-state index in [1.165, 1.54) is 5.56 Å². The van der Waals surface area contributed by atoms with Crippen LogP contribution in [0.1, 0.15) is 11.1 Å². The number of hydrogen-bond acceptors (Lipinski definition) is 4. The number of pyridine rings is 1. The second-order valence-corrected chi connectivity index (χ2v) is 6.80. The Kier molecular flexibility index (Phi) is 4.27. The van der Waals surface area contributed by atoms with Crippen LogP contribution in [0, 0.1) is 0 Å². The lowest BCUT2D eigenvalue weighted by atomic mass is 10.1. The van der Waals surface area contributed by atoms with Crippen LogP contribution in [0.25, 0.3) is 23.6 Å². The molecular weight excluding hydrogens is 326 g/mol. The lowest BCUT2D eigenvalue weighted by Gasteiger charge is -2.01. The van der Waals surface area contributed by atoms with E-state index in [1.807, 2.05) is 36.5 Å². The van der Waals surface area contributed by atoms with Crippen molar-refractivity contribution in [1.29, 1.82) is 0 Å². The number of thiazole rings is 1. The lowest BCUT2D eigenvalue weighted by molar-refractivity contribution is 1.13. The van der Waals surface area contributed by atoms with Gasteiger partial charge in [0, 0.05) is 18.1 Å². The molecule has 0 saturated heterocycles. The van der Waals surface area contributed by atoms with Gasteiger partial charge in [0.25, 0.3) is 0 Å². The normalized spacial score (nSPS) is 11.8. The first kappa shape index (κ1) is 15.5. The number of benzene rings is 2. The highest BCUT2D eigenvalue weighted by molar-refractivity contribution is 7.13. The number of anilines is 1. The second-order valence-electron chi connectivity index (χ2n) is 5.77. The van der Waals surface area contributed by atoms with Crippen molar-refractivity contribution in [1.82, 2.24) is 9.97 Å². The molecule has 4 rings (SSSR count). The maximum absolute atomic E-state index is 4.54. The number of nitrogens with one attached hydrogen (secondary N) is 1. The molecule has 0 spiro atoms. The highest BCUT2D eigenvalue weighted by Crippen LogP contribution is 2.14. The zero-order valence-corrected chi connectivity index (χ0v) is 14.5. The molecule has 0 amide bonds. The molecule has 1 N–H and O–H groups in total. The quantitative estimate of drug-likeness (QED) is 0.616. The molecule has 0 atom stereocenters. The van der Waals surface area contributed by atoms with Crippen LogP contribution in [0.15, 0.2) is 66.9 Å². The van der Waals surface area contributed by atoms with Crippen molar-refractivity contribution in [2.24, 2.45) is 0 Å². The highest BCUT2D eigenvalue weighted by atomic mass is 32.1. The van der Waals surface area contributed by atoms with E-state index in [0.29, 0.717) is 0 Å². The molecule has 0 aliphatic carbocycles. The summed E-state index contributed by atoms with van der Waals surface area (Å²) in [4.78, 5) is 8.90. The van der Waals surface area contributed by atoms with Crippen molar-refractivity contribution in [2.75, 3.05) is 5.32 Å². The third-order valence-electron chi connectivity index (χ3n) is 3.94. The Balaban J connectivity index is 1.60. The molecule has 4 aromatic rings. The van der Waals surface area contributed by atoms with Gasteiger partial charge in [0.15, 0.2) is 5.13 Å². The Bertz CT molecular complexity index is 1120. The van der Waals surface area contributed by atoms with Crippen molar-refractivity contribution in [3.05, 3.63) is 87.9 Å². The van der Waals surface area contributed by atoms with Gasteiger partial charge in [-0.2, -0.15) is 0 Å². The Labute approximate surface area is 150 Å². The van der Waals surface area contributed by atoms with E-state index in [2.05, 4.69) is 58.3 Å². The molecular formula is C21H17N3S. The fourth-order valence-corrected chi connectivity index (χ4v) is 3.53. The molecule has 0 saturated carbocycles. The van der Waals surface area contributed by atoms with Crippen molar-refractivity contribution < 1.29 is 0 Å². The number of rotatable bonds is 4. The third kappa shape index (κ3) is 3.59. The number of aromatic nitrogens is 2. The Morgan fingerprint density at radius 3 is 2.80 bits per heavy atom. The van der Waals surface area contributed by atoms with E-state index in [-0.39, 0.29) is 0 Å². The molecule has 2 aromatic heterocycles. The van der Waals surface area contributed by atoms with E-state index in [1.54, 1.807) is 11.3 Å². The summed E-state index contributed by atoms with van der Waals surface area (Å²) < 4.78 is 1.07. The van der Waals surface area contributed by atoms with E-state index in [9.17, 15) is 0 Å². The fourth-order valence-electron chi connectivity index (χ4n) is 2.66. The van der Waals surface area contributed by atoms with Gasteiger partial charge in [-0.05, 0) is 35.4 Å². The van der Waals surface area contributed by atoms with Gasteiger partial charge in [0.05, 0.1) is 15.4 Å². The lowest BCUT2D eigenvalue weighted by Crippen LogP contribution is -2.18. The number of fused-ring (bicyclic) bond motifs is 1. The van der Waals surface area contributed by atoms with Crippen LogP contribution < -0.4 is 15.2 Å². The van der Waals surface area contributed by atoms with E-state index in [4.69, 9.17) is 0 Å². The Hall–Kier alpha value is -2.98. The summed E-state index contributed by atoms with van der Waals surface area (Å²) in [5.74, 6) is 0. The minimum atomic E-state index is 0.759. The molecule has 2 heterocycles. The van der Waals surface area contributed by atoms with Crippen LogP contribution in [0.5, 0.6) is 0 Å². The van der Waals surface area contributed by atoms with Gasteiger partial charge in [-0.3, -0.25) is 4.98 Å². The van der Waals surface area contributed by atoms with Crippen LogP contribution in [0.2, 0.25) is 0 Å². The molecule has 0 aliphatic rings. The molecule has 0 aliphatic heterocycles. The zero-order chi connectivity index (χ0) is 17.1. The van der Waals surface area contributed by atoms with Gasteiger partial charge in [-0.15, -0.1) is 0 Å². The summed E-state index contributed by atoms with van der Waals surface area (Å²) in [7, 11) is 0. The largest absolute Gasteiger partial charge is 0.357 e. The summed E-state index contributed by atoms with van der Waals surface area (Å²) in [5.41, 5.74) is 3.36. The van der Waals surface area contributed by atoms with Crippen LogP contribution in [-0.4, -0.2) is 9.97 Å². The number of nitrogens with zero attached hydrogens (tertiary/aromatic N) is 2. The second kappa shape index (κ2) is 6.87. The standard InChI is InChI=1S/C21H17N3S/c1-15-20(13-17-9-10-19-18(12-17)8-5-11-22-19)25-21(24-15)23-14-16-6-3-2-4-7-16/h2-13H,1,14H2,(H,23,24)/b20-13-. The molecule has 122 valence electrons. The summed E-state index contributed by atoms with van der Waals surface area (Å²) in [6.07, 6.45) is 3.94. The van der Waals surface area contributed by atoms with Crippen molar-refractivity contribution in [3.8, 4) is 0 Å².